The minimum absolute atomic E-state index is 0.104. The third-order valence-corrected chi connectivity index (χ3v) is 7.47. The third-order valence-electron chi connectivity index (χ3n) is 5.21. The van der Waals surface area contributed by atoms with E-state index in [-0.39, 0.29) is 10.4 Å². The van der Waals surface area contributed by atoms with Crippen LogP contribution in [0.3, 0.4) is 0 Å². The van der Waals surface area contributed by atoms with Crippen LogP contribution in [0, 0.1) is 0 Å². The highest BCUT2D eigenvalue weighted by Crippen LogP contribution is 2.28. The molecule has 0 saturated heterocycles. The molecule has 0 aliphatic heterocycles. The topological polar surface area (TPSA) is 79.6 Å². The number of halogens is 1. The van der Waals surface area contributed by atoms with Gasteiger partial charge in [0.2, 0.25) is 10.0 Å². The van der Waals surface area contributed by atoms with Crippen molar-refractivity contribution in [2.45, 2.75) is 11.3 Å². The molecule has 2 aromatic heterocycles. The lowest BCUT2D eigenvalue weighted by atomic mass is 9.97. The Balaban J connectivity index is 1.50. The van der Waals surface area contributed by atoms with Gasteiger partial charge in [-0.15, -0.1) is 0 Å². The Bertz CT molecular complexity index is 1410. The van der Waals surface area contributed by atoms with Gasteiger partial charge in [-0.25, -0.2) is 17.7 Å². The number of nitrogens with zero attached hydrogens (tertiary/aromatic N) is 4. The summed E-state index contributed by atoms with van der Waals surface area (Å²) in [7, 11) is 9.77. The van der Waals surface area contributed by atoms with Gasteiger partial charge < -0.3 is 5.32 Å². The first-order chi connectivity index (χ1) is 15.8. The number of hydrogen-bond donors (Lipinski definition) is 1. The highest BCUT2D eigenvalue weighted by atomic mass is 35.5. The SMILES string of the molecule is [B]c1ccccc1S(=O)(=O)N(C)CCCNc1cc(-c2ccccc2Cl)nc2c([B])cnn12. The van der Waals surface area contributed by atoms with Crippen LogP contribution in [-0.2, 0) is 10.0 Å². The maximum absolute atomic E-state index is 12.8. The van der Waals surface area contributed by atoms with Crippen LogP contribution in [0.2, 0.25) is 5.02 Å². The molecule has 164 valence electrons. The van der Waals surface area contributed by atoms with E-state index in [4.69, 9.17) is 27.3 Å². The molecule has 11 heteroatoms. The molecule has 4 rings (SSSR count). The second-order valence-electron chi connectivity index (χ2n) is 7.49. The van der Waals surface area contributed by atoms with Crippen molar-refractivity contribution in [2.24, 2.45) is 0 Å². The predicted octanol–water partition coefficient (Wildman–Crippen LogP) is 1.76. The molecule has 0 bridgehead atoms. The molecule has 0 aliphatic carbocycles. The van der Waals surface area contributed by atoms with Crippen LogP contribution in [-0.4, -0.2) is 63.2 Å². The van der Waals surface area contributed by atoms with Gasteiger partial charge in [0.1, 0.15) is 21.5 Å². The Hall–Kier alpha value is -2.81. The largest absolute Gasteiger partial charge is 0.370 e. The van der Waals surface area contributed by atoms with Gasteiger partial charge in [-0.2, -0.15) is 9.61 Å². The zero-order valence-corrected chi connectivity index (χ0v) is 19.5. The van der Waals surface area contributed by atoms with Crippen molar-refractivity contribution in [2.75, 3.05) is 25.5 Å². The molecule has 7 nitrogen and oxygen atoms in total. The summed E-state index contributed by atoms with van der Waals surface area (Å²) < 4.78 is 28.5. The lowest BCUT2D eigenvalue weighted by molar-refractivity contribution is 0.466. The lowest BCUT2D eigenvalue weighted by Gasteiger charge is -2.19. The van der Waals surface area contributed by atoms with Gasteiger partial charge >= 0.3 is 0 Å². The zero-order valence-electron chi connectivity index (χ0n) is 17.9. The molecule has 2 aromatic carbocycles. The molecule has 0 amide bonds. The Morgan fingerprint density at radius 3 is 2.58 bits per heavy atom. The zero-order chi connectivity index (χ0) is 23.6. The summed E-state index contributed by atoms with van der Waals surface area (Å²) >= 11 is 6.36. The molecule has 1 N–H and O–H groups in total. The monoisotopic (exact) mass is 475 g/mol. The number of anilines is 1. The number of aromatic nitrogens is 3. The summed E-state index contributed by atoms with van der Waals surface area (Å²) in [5, 5.41) is 8.17. The Kier molecular flexibility index (Phi) is 6.78. The van der Waals surface area contributed by atoms with E-state index in [1.807, 2.05) is 24.3 Å². The number of benzene rings is 2. The van der Waals surface area contributed by atoms with Crippen LogP contribution in [0.15, 0.2) is 65.7 Å². The van der Waals surface area contributed by atoms with Gasteiger partial charge in [0.15, 0.2) is 5.65 Å². The van der Waals surface area contributed by atoms with Gasteiger partial charge in [0, 0.05) is 43.0 Å². The first-order valence-corrected chi connectivity index (χ1v) is 12.0. The summed E-state index contributed by atoms with van der Waals surface area (Å²) in [5.74, 6) is 0.671. The van der Waals surface area contributed by atoms with Crippen LogP contribution in [0.4, 0.5) is 5.82 Å². The number of nitrogens with one attached hydrogen (secondary N) is 1. The van der Waals surface area contributed by atoms with Crippen LogP contribution < -0.4 is 16.2 Å². The average molecular weight is 476 g/mol. The summed E-state index contributed by atoms with van der Waals surface area (Å²) in [6.45, 7) is 0.793. The molecular weight excluding hydrogens is 455 g/mol. The molecule has 0 unspecified atom stereocenters. The van der Waals surface area contributed by atoms with E-state index in [0.29, 0.717) is 47.2 Å². The van der Waals surface area contributed by atoms with Crippen LogP contribution in [0.25, 0.3) is 16.9 Å². The van der Waals surface area contributed by atoms with Crippen LogP contribution >= 0.6 is 11.6 Å². The van der Waals surface area contributed by atoms with Crippen molar-refractivity contribution in [3.63, 3.8) is 0 Å². The molecular formula is C22H20B2ClN5O2S. The highest BCUT2D eigenvalue weighted by Gasteiger charge is 2.21. The van der Waals surface area contributed by atoms with E-state index in [1.165, 1.54) is 23.6 Å². The van der Waals surface area contributed by atoms with Crippen molar-refractivity contribution in [3.05, 3.63) is 65.8 Å². The number of hydrogen-bond acceptors (Lipinski definition) is 5. The fourth-order valence-electron chi connectivity index (χ4n) is 3.43. The molecule has 0 spiro atoms. The fraction of sp³-hybridized carbons (Fsp3) is 0.182. The minimum Gasteiger partial charge on any atom is -0.370 e. The van der Waals surface area contributed by atoms with E-state index in [2.05, 4.69) is 15.4 Å². The van der Waals surface area contributed by atoms with Gasteiger partial charge in [0.25, 0.3) is 0 Å². The van der Waals surface area contributed by atoms with Crippen molar-refractivity contribution >= 4 is 59.7 Å². The van der Waals surface area contributed by atoms with E-state index >= 15 is 0 Å². The van der Waals surface area contributed by atoms with Crippen molar-refractivity contribution in [1.82, 2.24) is 18.9 Å². The Labute approximate surface area is 200 Å². The highest BCUT2D eigenvalue weighted by molar-refractivity contribution is 7.89. The lowest BCUT2D eigenvalue weighted by Crippen LogP contribution is -2.32. The predicted molar refractivity (Wildman–Crippen MR) is 134 cm³/mol. The molecule has 2 heterocycles. The Morgan fingerprint density at radius 1 is 1.09 bits per heavy atom. The van der Waals surface area contributed by atoms with Crippen molar-refractivity contribution in [1.29, 1.82) is 0 Å². The summed E-state index contributed by atoms with van der Waals surface area (Å²) in [6.07, 6.45) is 2.08. The molecule has 0 atom stereocenters. The van der Waals surface area contributed by atoms with E-state index in [0.717, 1.165) is 5.56 Å². The summed E-state index contributed by atoms with van der Waals surface area (Å²) in [4.78, 5) is 4.71. The minimum atomic E-state index is -3.67. The molecule has 0 saturated carbocycles. The quantitative estimate of drug-likeness (QED) is 0.310. The first kappa shape index (κ1) is 23.4. The first-order valence-electron chi connectivity index (χ1n) is 10.2. The number of rotatable bonds is 8. The standard InChI is InChI=1S/C22H20B2ClN5O2S/c1-29(33(31,32)20-10-5-3-8-16(20)23)12-6-11-26-21-13-19(15-7-2-4-9-18(15)25)28-22-17(24)14-27-30(21)22/h2-5,7-10,13-14,26H,6,11-12H2,1H3. The molecule has 4 radical (unpaired) electrons. The summed E-state index contributed by atoms with van der Waals surface area (Å²) in [5.41, 5.74) is 2.61. The maximum atomic E-state index is 12.8. The second kappa shape index (κ2) is 9.59. The van der Waals surface area contributed by atoms with Crippen LogP contribution in [0.5, 0.6) is 0 Å². The smallest absolute Gasteiger partial charge is 0.242 e. The van der Waals surface area contributed by atoms with Crippen molar-refractivity contribution in [3.8, 4) is 11.3 Å². The third kappa shape index (κ3) is 4.78. The number of fused-ring (bicyclic) bond motifs is 1. The van der Waals surface area contributed by atoms with E-state index < -0.39 is 10.0 Å². The fourth-order valence-corrected chi connectivity index (χ4v) is 4.99. The summed E-state index contributed by atoms with van der Waals surface area (Å²) in [6, 6.07) is 15.7. The maximum Gasteiger partial charge on any atom is 0.242 e. The van der Waals surface area contributed by atoms with Gasteiger partial charge in [-0.3, -0.25) is 0 Å². The molecule has 33 heavy (non-hydrogen) atoms. The van der Waals surface area contributed by atoms with Gasteiger partial charge in [0.05, 0.1) is 10.6 Å². The average Bonchev–Trinajstić information content (AvgIpc) is 3.17. The molecule has 0 fully saturated rings. The van der Waals surface area contributed by atoms with E-state index in [1.54, 1.807) is 28.8 Å². The number of sulfonamides is 1. The molecule has 0 aliphatic rings. The molecule has 4 aromatic rings. The van der Waals surface area contributed by atoms with Crippen molar-refractivity contribution < 1.29 is 8.42 Å². The van der Waals surface area contributed by atoms with Crippen LogP contribution in [0.1, 0.15) is 6.42 Å². The normalized spacial score (nSPS) is 11.8. The second-order valence-corrected chi connectivity index (χ2v) is 9.91. The van der Waals surface area contributed by atoms with Gasteiger partial charge in [-0.1, -0.05) is 53.5 Å². The Morgan fingerprint density at radius 2 is 1.82 bits per heavy atom. The van der Waals surface area contributed by atoms with Gasteiger partial charge in [-0.05, 0) is 24.0 Å². The van der Waals surface area contributed by atoms with E-state index in [9.17, 15) is 8.42 Å².